The number of methoxy groups -OCH3 is 1. The molecular formula is C14H24N4O2. The molecule has 6 heteroatoms. The third-order valence-corrected chi connectivity index (χ3v) is 2.57. The van der Waals surface area contributed by atoms with Crippen molar-refractivity contribution in [2.45, 2.75) is 26.4 Å². The summed E-state index contributed by atoms with van der Waals surface area (Å²) in [5.41, 5.74) is 1.09. The van der Waals surface area contributed by atoms with Gasteiger partial charge in [0, 0.05) is 39.0 Å². The Hall–Kier alpha value is -1.82. The molecule has 1 unspecified atom stereocenters. The minimum Gasteiger partial charge on any atom is -0.478 e. The third-order valence-electron chi connectivity index (χ3n) is 2.57. The van der Waals surface area contributed by atoms with E-state index in [2.05, 4.69) is 20.6 Å². The Labute approximate surface area is 120 Å². The lowest BCUT2D eigenvalue weighted by molar-refractivity contribution is 0.179. The van der Waals surface area contributed by atoms with Gasteiger partial charge in [-0.05, 0) is 25.5 Å². The molecule has 1 aromatic rings. The van der Waals surface area contributed by atoms with E-state index in [4.69, 9.17) is 9.47 Å². The van der Waals surface area contributed by atoms with Gasteiger partial charge in [0.2, 0.25) is 5.88 Å². The van der Waals surface area contributed by atoms with E-state index in [1.54, 1.807) is 20.4 Å². The van der Waals surface area contributed by atoms with Crippen LogP contribution in [0.25, 0.3) is 0 Å². The molecule has 0 aliphatic carbocycles. The molecule has 0 bridgehead atoms. The minimum atomic E-state index is 0.197. The van der Waals surface area contributed by atoms with Crippen LogP contribution < -0.4 is 15.4 Å². The van der Waals surface area contributed by atoms with Crippen LogP contribution in [-0.2, 0) is 11.3 Å². The highest BCUT2D eigenvalue weighted by Gasteiger charge is 2.05. The van der Waals surface area contributed by atoms with Crippen LogP contribution in [0.15, 0.2) is 23.3 Å². The second-order valence-electron chi connectivity index (χ2n) is 4.36. The predicted octanol–water partition coefficient (Wildman–Crippen LogP) is 1.18. The van der Waals surface area contributed by atoms with Crippen LogP contribution in [0.2, 0.25) is 0 Å². The molecule has 0 aliphatic rings. The van der Waals surface area contributed by atoms with Crippen molar-refractivity contribution in [1.82, 2.24) is 15.6 Å². The average molecular weight is 280 g/mol. The monoisotopic (exact) mass is 280 g/mol. The summed E-state index contributed by atoms with van der Waals surface area (Å²) in [7, 11) is 3.42. The maximum Gasteiger partial charge on any atom is 0.213 e. The smallest absolute Gasteiger partial charge is 0.213 e. The van der Waals surface area contributed by atoms with Gasteiger partial charge in [-0.15, -0.1) is 0 Å². The van der Waals surface area contributed by atoms with Crippen molar-refractivity contribution in [3.05, 3.63) is 23.9 Å². The van der Waals surface area contributed by atoms with E-state index < -0.39 is 0 Å². The van der Waals surface area contributed by atoms with E-state index in [1.807, 2.05) is 26.0 Å². The van der Waals surface area contributed by atoms with Crippen molar-refractivity contribution < 1.29 is 9.47 Å². The number of nitrogens with one attached hydrogen (secondary N) is 2. The molecule has 1 atom stereocenters. The van der Waals surface area contributed by atoms with Crippen LogP contribution in [-0.4, -0.2) is 44.4 Å². The number of hydrogen-bond acceptors (Lipinski definition) is 4. The Morgan fingerprint density at radius 3 is 2.95 bits per heavy atom. The molecular weight excluding hydrogens is 256 g/mol. The van der Waals surface area contributed by atoms with Crippen molar-refractivity contribution in [2.24, 2.45) is 4.99 Å². The number of rotatable bonds is 7. The summed E-state index contributed by atoms with van der Waals surface area (Å²) >= 11 is 0. The number of hydrogen-bond donors (Lipinski definition) is 2. The van der Waals surface area contributed by atoms with Crippen molar-refractivity contribution in [3.63, 3.8) is 0 Å². The summed E-state index contributed by atoms with van der Waals surface area (Å²) in [6.45, 7) is 5.87. The fourth-order valence-corrected chi connectivity index (χ4v) is 1.69. The van der Waals surface area contributed by atoms with Gasteiger partial charge in [0.05, 0.1) is 13.2 Å². The van der Waals surface area contributed by atoms with E-state index in [-0.39, 0.29) is 6.04 Å². The van der Waals surface area contributed by atoms with Gasteiger partial charge in [-0.1, -0.05) is 0 Å². The van der Waals surface area contributed by atoms with Gasteiger partial charge >= 0.3 is 0 Å². The normalized spacial score (nSPS) is 12.9. The fourth-order valence-electron chi connectivity index (χ4n) is 1.69. The number of aromatic nitrogens is 1. The third kappa shape index (κ3) is 5.88. The molecule has 1 aromatic heterocycles. The SMILES string of the molecule is CCOc1cc(CNC(=NC)NC(C)COC)ccn1. The standard InChI is InChI=1S/C14H24N4O2/c1-5-20-13-8-12(6-7-16-13)9-17-14(15-3)18-11(2)10-19-4/h6-8,11H,5,9-10H2,1-4H3,(H2,15,17,18). The summed E-state index contributed by atoms with van der Waals surface area (Å²) in [6.07, 6.45) is 1.74. The Bertz CT molecular complexity index is 423. The first-order chi connectivity index (χ1) is 9.69. The van der Waals surface area contributed by atoms with Gasteiger partial charge in [0.1, 0.15) is 0 Å². The number of guanidine groups is 1. The van der Waals surface area contributed by atoms with Gasteiger partial charge in [-0.2, -0.15) is 0 Å². The number of nitrogens with zero attached hydrogens (tertiary/aromatic N) is 2. The summed E-state index contributed by atoms with van der Waals surface area (Å²) in [4.78, 5) is 8.31. The van der Waals surface area contributed by atoms with Gasteiger partial charge in [-0.25, -0.2) is 4.98 Å². The van der Waals surface area contributed by atoms with Gasteiger partial charge in [0.25, 0.3) is 0 Å². The highest BCUT2D eigenvalue weighted by Crippen LogP contribution is 2.08. The maximum absolute atomic E-state index is 5.37. The van der Waals surface area contributed by atoms with Gasteiger partial charge in [0.15, 0.2) is 5.96 Å². The molecule has 0 fully saturated rings. The summed E-state index contributed by atoms with van der Waals surface area (Å²) < 4.78 is 10.5. The number of aliphatic imine (C=N–C) groups is 1. The first kappa shape index (κ1) is 16.2. The lowest BCUT2D eigenvalue weighted by Gasteiger charge is -2.17. The van der Waals surface area contributed by atoms with Crippen molar-refractivity contribution in [1.29, 1.82) is 0 Å². The zero-order chi connectivity index (χ0) is 14.8. The van der Waals surface area contributed by atoms with Crippen LogP contribution in [0.4, 0.5) is 0 Å². The predicted molar refractivity (Wildman–Crippen MR) is 80.1 cm³/mol. The fraction of sp³-hybridized carbons (Fsp3) is 0.571. The number of ether oxygens (including phenoxy) is 2. The van der Waals surface area contributed by atoms with Crippen molar-refractivity contribution in [2.75, 3.05) is 27.4 Å². The molecule has 6 nitrogen and oxygen atoms in total. The van der Waals surface area contributed by atoms with Crippen molar-refractivity contribution >= 4 is 5.96 Å². The van der Waals surface area contributed by atoms with E-state index in [9.17, 15) is 0 Å². The quantitative estimate of drug-likeness (QED) is 0.580. The van der Waals surface area contributed by atoms with Gasteiger partial charge in [-0.3, -0.25) is 4.99 Å². The van der Waals surface area contributed by atoms with Crippen LogP contribution in [0.3, 0.4) is 0 Å². The molecule has 0 saturated heterocycles. The highest BCUT2D eigenvalue weighted by molar-refractivity contribution is 5.79. The molecule has 1 heterocycles. The lowest BCUT2D eigenvalue weighted by Crippen LogP contribution is -2.43. The molecule has 0 amide bonds. The Kier molecular flexibility index (Phi) is 7.42. The second kappa shape index (κ2) is 9.14. The van der Waals surface area contributed by atoms with Crippen LogP contribution in [0, 0.1) is 0 Å². The second-order valence-corrected chi connectivity index (χ2v) is 4.36. The molecule has 0 aromatic carbocycles. The summed E-state index contributed by atoms with van der Waals surface area (Å²) in [5, 5.41) is 6.49. The van der Waals surface area contributed by atoms with Crippen LogP contribution in [0.1, 0.15) is 19.4 Å². The van der Waals surface area contributed by atoms with E-state index in [0.29, 0.717) is 25.6 Å². The largest absolute Gasteiger partial charge is 0.478 e. The zero-order valence-electron chi connectivity index (χ0n) is 12.6. The summed E-state index contributed by atoms with van der Waals surface area (Å²) in [5.74, 6) is 1.38. The first-order valence-electron chi connectivity index (χ1n) is 6.73. The topological polar surface area (TPSA) is 67.8 Å². The molecule has 2 N–H and O–H groups in total. The molecule has 20 heavy (non-hydrogen) atoms. The number of pyridine rings is 1. The van der Waals surface area contributed by atoms with Crippen LogP contribution in [0.5, 0.6) is 5.88 Å². The Morgan fingerprint density at radius 2 is 2.30 bits per heavy atom. The molecule has 0 spiro atoms. The maximum atomic E-state index is 5.37. The molecule has 0 aliphatic heterocycles. The van der Waals surface area contributed by atoms with E-state index in [1.165, 1.54) is 0 Å². The minimum absolute atomic E-state index is 0.197. The molecule has 112 valence electrons. The average Bonchev–Trinajstić information content (AvgIpc) is 2.44. The molecule has 1 rings (SSSR count). The summed E-state index contributed by atoms with van der Waals surface area (Å²) in [6, 6.07) is 4.06. The first-order valence-corrected chi connectivity index (χ1v) is 6.73. The van der Waals surface area contributed by atoms with Crippen molar-refractivity contribution in [3.8, 4) is 5.88 Å². The molecule has 0 radical (unpaired) electrons. The highest BCUT2D eigenvalue weighted by atomic mass is 16.5. The van der Waals surface area contributed by atoms with Gasteiger partial charge < -0.3 is 20.1 Å². The Balaban J connectivity index is 2.50. The van der Waals surface area contributed by atoms with E-state index >= 15 is 0 Å². The lowest BCUT2D eigenvalue weighted by atomic mass is 10.2. The van der Waals surface area contributed by atoms with Crippen LogP contribution >= 0.6 is 0 Å². The zero-order valence-corrected chi connectivity index (χ0v) is 12.6. The Morgan fingerprint density at radius 1 is 1.50 bits per heavy atom. The van der Waals surface area contributed by atoms with E-state index in [0.717, 1.165) is 11.5 Å². The molecule has 0 saturated carbocycles.